The van der Waals surface area contributed by atoms with E-state index in [4.69, 9.17) is 17.2 Å². The van der Waals surface area contributed by atoms with E-state index < -0.39 is 358 Å². The number of aliphatic hydroxyl groups is 3. The van der Waals surface area contributed by atoms with Gasteiger partial charge in [-0.05, 0) is 115 Å². The van der Waals surface area contributed by atoms with Crippen LogP contribution >= 0.6 is 0 Å². The molecule has 0 bridgehead atoms. The first-order chi connectivity index (χ1) is 62.9. The molecular weight excluding hydrogens is 1800 g/mol. The van der Waals surface area contributed by atoms with Crippen molar-refractivity contribution in [1.29, 1.82) is 0 Å². The number of carbonyl (C=O) groups excluding carboxylic acids is 18. The van der Waals surface area contributed by atoms with Crippen LogP contribution in [0, 0.1) is 23.7 Å². The van der Waals surface area contributed by atoms with E-state index in [-0.39, 0.29) is 64.5 Å². The normalized spacial score (nSPS) is 15.3. The molecule has 0 fully saturated rings. The maximum absolute atomic E-state index is 14.5. The zero-order valence-electron chi connectivity index (χ0n) is 76.7. The second-order valence-corrected chi connectivity index (χ2v) is 32.9. The number of carbonyl (C=O) groups is 25. The molecule has 0 saturated carbocycles. The largest absolute Gasteiger partial charge is 0.481 e. The molecule has 0 aliphatic carbocycles. The summed E-state index contributed by atoms with van der Waals surface area (Å²) in [5.41, 5.74) is 16.6. The number of unbranched alkanes of at least 4 members (excludes halogenated alkanes) is 2. The van der Waals surface area contributed by atoms with Gasteiger partial charge >= 0.3 is 41.8 Å². The van der Waals surface area contributed by atoms with Crippen LogP contribution < -0.4 is 108 Å². The van der Waals surface area contributed by atoms with Gasteiger partial charge in [0, 0.05) is 26.2 Å². The monoisotopic (exact) mass is 1930 g/mol. The molecule has 135 heavy (non-hydrogen) atoms. The predicted molar refractivity (Wildman–Crippen MR) is 463 cm³/mol. The second-order valence-electron chi connectivity index (χ2n) is 32.9. The van der Waals surface area contributed by atoms with Gasteiger partial charge in [0.05, 0.1) is 45.0 Å². The highest BCUT2D eigenvalue weighted by Gasteiger charge is 2.42. The van der Waals surface area contributed by atoms with Crippen molar-refractivity contribution >= 4 is 148 Å². The lowest BCUT2D eigenvalue weighted by molar-refractivity contribution is -0.144. The van der Waals surface area contributed by atoms with Crippen molar-refractivity contribution in [3.8, 4) is 0 Å². The van der Waals surface area contributed by atoms with Crippen LogP contribution in [0.2, 0.25) is 0 Å². The number of primary amides is 1. The van der Waals surface area contributed by atoms with E-state index in [1.165, 1.54) is 41.5 Å². The van der Waals surface area contributed by atoms with Gasteiger partial charge in [0.15, 0.2) is 0 Å². The van der Waals surface area contributed by atoms with Crippen LogP contribution in [-0.4, -0.2) is 334 Å². The third-order valence-electron chi connectivity index (χ3n) is 20.2. The average Bonchev–Trinajstić information content (AvgIpc) is 0.859. The van der Waals surface area contributed by atoms with Crippen molar-refractivity contribution in [3.05, 3.63) is 0 Å². The Morgan fingerprint density at radius 2 is 0.548 bits per heavy atom. The summed E-state index contributed by atoms with van der Waals surface area (Å²) in [6.45, 7) is 12.3. The number of carboxylic acids is 7. The molecule has 55 nitrogen and oxygen atoms in total. The number of rotatable bonds is 68. The highest BCUT2D eigenvalue weighted by molar-refractivity contribution is 6.03. The summed E-state index contributed by atoms with van der Waals surface area (Å²) in [6, 6.07) is -31.7. The van der Waals surface area contributed by atoms with Crippen molar-refractivity contribution in [2.24, 2.45) is 40.9 Å². The second kappa shape index (κ2) is 62.1. The smallest absolute Gasteiger partial charge is 0.326 e. The molecule has 0 aliphatic heterocycles. The van der Waals surface area contributed by atoms with Crippen molar-refractivity contribution in [3.63, 3.8) is 0 Å². The molecule has 0 aromatic heterocycles. The summed E-state index contributed by atoms with van der Waals surface area (Å²) in [5, 5.41) is 137. The van der Waals surface area contributed by atoms with Crippen LogP contribution in [-0.2, 0) is 120 Å². The van der Waals surface area contributed by atoms with E-state index in [0.717, 1.165) is 20.8 Å². The number of amides is 18. The highest BCUT2D eigenvalue weighted by Crippen LogP contribution is 2.17. The first-order valence-electron chi connectivity index (χ1n) is 43.2. The molecule has 0 heterocycles. The number of aliphatic hydroxyl groups excluding tert-OH is 3. The highest BCUT2D eigenvalue weighted by atomic mass is 16.4. The van der Waals surface area contributed by atoms with E-state index in [1.54, 1.807) is 13.8 Å². The predicted octanol–water partition coefficient (Wildman–Crippen LogP) is -10.7. The Bertz CT molecular complexity index is 4150. The number of hydrogen-bond donors (Lipinski definition) is 30. The number of nitrogens with two attached hydrogens (primary N) is 3. The van der Waals surface area contributed by atoms with Crippen molar-refractivity contribution in [2.45, 2.75) is 301 Å². The van der Waals surface area contributed by atoms with Crippen LogP contribution in [0.1, 0.15) is 192 Å². The Kier molecular flexibility index (Phi) is 55.9. The van der Waals surface area contributed by atoms with Crippen molar-refractivity contribution in [2.75, 3.05) is 26.3 Å². The summed E-state index contributed by atoms with van der Waals surface area (Å²) in [5.74, 6) is -37.1. The molecule has 0 saturated heterocycles. The Balaban J connectivity index is 7.25. The SMILES string of the molecule is CC[C@H](C)[C@H](NC(=O)[C@H](CCC(=O)O)NC(=O)[C@H](CO)NC(=O)[C@H](CC(=O)O)NC(=O)[C@@H](NC(=O)[C@H](C)NC(=O)[C@H](CC(=O)O)NC(=O)[C@H](CO)NC(C)=O)C(C)C)C(=O)N[C@H](C(=O)N[C@@H](CCCCN)C(=O)N[C@@H](CC(=O)O)C(=O)N[C@@H](CC(C)C)C(=O)N[C@@H](CCCCN)C(=O)N[C@@H](CCC(=O)O)C(=O)N[C@H](C(=O)N[C@@H](CCC(=O)O)C(=O)N[C@@H](CC(N)=O)C(=O)O)C(C)C)[C@@H](C)O. The fraction of sp³-hybridized carbons (Fsp3) is 0.688. The summed E-state index contributed by atoms with van der Waals surface area (Å²) < 4.78 is 0. The molecular formula is C80H132N20O35. The minimum absolute atomic E-state index is 0.00428. The average molecular weight is 1930 g/mol. The van der Waals surface area contributed by atoms with E-state index in [0.29, 0.717) is 0 Å². The van der Waals surface area contributed by atoms with Crippen LogP contribution in [0.5, 0.6) is 0 Å². The fourth-order valence-electron chi connectivity index (χ4n) is 12.6. The molecule has 0 radical (unpaired) electrons. The molecule has 33 N–H and O–H groups in total. The third kappa shape index (κ3) is 47.2. The van der Waals surface area contributed by atoms with Gasteiger partial charge in [-0.15, -0.1) is 0 Å². The summed E-state index contributed by atoms with van der Waals surface area (Å²) in [6.07, 6.45) is -11.5. The third-order valence-corrected chi connectivity index (χ3v) is 20.2. The molecule has 762 valence electrons. The van der Waals surface area contributed by atoms with Crippen LogP contribution in [0.4, 0.5) is 0 Å². The van der Waals surface area contributed by atoms with E-state index in [1.807, 2.05) is 16.0 Å². The quantitative estimate of drug-likeness (QED) is 0.0251. The lowest BCUT2D eigenvalue weighted by atomic mass is 9.96. The Morgan fingerprint density at radius 1 is 0.281 bits per heavy atom. The molecule has 0 unspecified atom stereocenters. The van der Waals surface area contributed by atoms with Crippen LogP contribution in [0.3, 0.4) is 0 Å². The standard InChI is InChI=1S/C80H132N20O35/c1-12-37(8)62(99-69(123)45(21-24-56(110)111)88-75(129)52(33-102)96-73(127)49(31-59(116)117)94-77(131)60(35(4)5)97-64(118)38(9)84-70(124)47(29-57(112)113)93-74(128)51(32-101)85-40(11)104)78(132)100-63(39(10)103)79(133)89-42(18-14-16-26-82)66(120)92-48(30-58(114)115)72(126)91-46(27-34(2)3)71(125)86-41(17-13-15-25-81)65(119)87-44(20-23-55(108)109)68(122)98-61(36(6)7)76(130)90-43(19-22-54(106)107)67(121)95-50(80(134)135)28-53(83)105/h34-39,41-52,60-63,101-103H,12-33,81-82H2,1-11H3,(H2,83,105)(H,84,124)(H,85,104)(H,86,125)(H,87,119)(H,88,129)(H,89,133)(H,90,130)(H,91,126)(H,92,120)(H,93,128)(H,94,131)(H,95,121)(H,96,127)(H,97,118)(H,98,122)(H,99,123)(H,100,132)(H,106,107)(H,108,109)(H,110,111)(H,112,113)(H,114,115)(H,116,117)(H,134,135)/t37-,38-,39+,41-,42-,43-,44-,45-,46-,47-,48-,49-,50-,51-,52-,60-,61-,62-,63-/m0/s1. The number of nitrogens with one attached hydrogen (secondary N) is 17. The minimum atomic E-state index is -2.18. The molecule has 19 atom stereocenters. The van der Waals surface area contributed by atoms with Crippen molar-refractivity contribution in [1.82, 2.24) is 90.4 Å². The zero-order valence-corrected chi connectivity index (χ0v) is 76.7. The van der Waals surface area contributed by atoms with Crippen LogP contribution in [0.15, 0.2) is 0 Å². The summed E-state index contributed by atoms with van der Waals surface area (Å²) >= 11 is 0. The lowest BCUT2D eigenvalue weighted by Crippen LogP contribution is -2.63. The Morgan fingerprint density at radius 3 is 0.867 bits per heavy atom. The number of carboxylic acid groups (broad SMARTS) is 7. The Labute approximate surface area is 774 Å². The van der Waals surface area contributed by atoms with Gasteiger partial charge in [0.1, 0.15) is 103 Å². The van der Waals surface area contributed by atoms with E-state index in [9.17, 15) is 171 Å². The lowest BCUT2D eigenvalue weighted by Gasteiger charge is -2.30. The molecule has 0 aromatic rings. The van der Waals surface area contributed by atoms with Crippen molar-refractivity contribution < 1.29 is 171 Å². The molecule has 0 aliphatic rings. The molecule has 0 spiro atoms. The number of hydrogen-bond acceptors (Lipinski definition) is 30. The van der Waals surface area contributed by atoms with E-state index in [2.05, 4.69) is 74.4 Å². The zero-order chi connectivity index (χ0) is 104. The summed E-state index contributed by atoms with van der Waals surface area (Å²) in [4.78, 5) is 330. The maximum atomic E-state index is 14.5. The summed E-state index contributed by atoms with van der Waals surface area (Å²) in [7, 11) is 0. The van der Waals surface area contributed by atoms with Gasteiger partial charge in [-0.1, -0.05) is 61.8 Å². The molecule has 0 rings (SSSR count). The van der Waals surface area contributed by atoms with Crippen LogP contribution in [0.25, 0.3) is 0 Å². The first-order valence-corrected chi connectivity index (χ1v) is 43.2. The first kappa shape index (κ1) is 122. The van der Waals surface area contributed by atoms with Gasteiger partial charge in [-0.2, -0.15) is 0 Å². The molecule has 18 amide bonds. The Hall–Kier alpha value is -13.4. The minimum Gasteiger partial charge on any atom is -0.481 e. The van der Waals surface area contributed by atoms with Gasteiger partial charge in [-0.3, -0.25) is 115 Å². The molecule has 0 aromatic carbocycles. The topological polar surface area (TPSA) is 912 Å². The van der Waals surface area contributed by atoms with Gasteiger partial charge in [0.25, 0.3) is 0 Å². The maximum Gasteiger partial charge on any atom is 0.326 e. The van der Waals surface area contributed by atoms with Gasteiger partial charge in [0.2, 0.25) is 106 Å². The van der Waals surface area contributed by atoms with Gasteiger partial charge < -0.3 is 159 Å². The number of aliphatic carboxylic acids is 7. The molecule has 55 heteroatoms. The van der Waals surface area contributed by atoms with E-state index >= 15 is 0 Å². The fourth-order valence-corrected chi connectivity index (χ4v) is 12.6. The van der Waals surface area contributed by atoms with Gasteiger partial charge in [-0.25, -0.2) is 4.79 Å².